The average molecular weight is 258 g/mol. The van der Waals surface area contributed by atoms with Crippen molar-refractivity contribution < 1.29 is 23.5 Å². The molecule has 0 atom stereocenters. The van der Waals surface area contributed by atoms with Gasteiger partial charge in [-0.05, 0) is 33.1 Å². The Morgan fingerprint density at radius 2 is 1.83 bits per heavy atom. The molecule has 0 spiro atoms. The zero-order valence-corrected chi connectivity index (χ0v) is 10.8. The minimum atomic E-state index is -1.51. The minimum Gasteiger partial charge on any atom is -0.465 e. The number of carbonyl (C=O) groups excluding carboxylic acids is 2. The second-order valence-electron chi connectivity index (χ2n) is 4.24. The molecule has 0 aromatic rings. The van der Waals surface area contributed by atoms with Crippen LogP contribution in [-0.2, 0) is 19.1 Å². The van der Waals surface area contributed by atoms with E-state index >= 15 is 0 Å². The molecule has 0 aromatic heterocycles. The van der Waals surface area contributed by atoms with Gasteiger partial charge in [-0.1, -0.05) is 6.08 Å². The molecular weight excluding hydrogens is 239 g/mol. The highest BCUT2D eigenvalue weighted by molar-refractivity contribution is 6.00. The maximum absolute atomic E-state index is 13.6. The summed E-state index contributed by atoms with van der Waals surface area (Å²) in [6.45, 7) is 3.62. The van der Waals surface area contributed by atoms with Crippen molar-refractivity contribution in [3.63, 3.8) is 0 Å². The smallest absolute Gasteiger partial charge is 0.323 e. The number of esters is 2. The molecule has 0 fully saturated rings. The summed E-state index contributed by atoms with van der Waals surface area (Å²) in [6.07, 6.45) is 2.50. The quantitative estimate of drug-likeness (QED) is 0.574. The molecule has 0 bridgehead atoms. The van der Waals surface area contributed by atoms with E-state index in [1.165, 1.54) is 6.08 Å². The first-order chi connectivity index (χ1) is 8.56. The van der Waals surface area contributed by atoms with Crippen LogP contribution in [0, 0.1) is 5.41 Å². The van der Waals surface area contributed by atoms with Crippen LogP contribution in [0.25, 0.3) is 0 Å². The molecule has 0 radical (unpaired) electrons. The van der Waals surface area contributed by atoms with Gasteiger partial charge in [-0.3, -0.25) is 9.59 Å². The van der Waals surface area contributed by atoms with Crippen molar-refractivity contribution in [3.05, 3.63) is 11.9 Å². The fourth-order valence-corrected chi connectivity index (χ4v) is 2.08. The van der Waals surface area contributed by atoms with Crippen LogP contribution in [0.1, 0.15) is 39.5 Å². The van der Waals surface area contributed by atoms with Gasteiger partial charge in [0.1, 0.15) is 0 Å². The van der Waals surface area contributed by atoms with Crippen LogP contribution in [0.15, 0.2) is 11.9 Å². The molecule has 1 rings (SSSR count). The van der Waals surface area contributed by atoms with E-state index in [0.717, 1.165) is 0 Å². The second-order valence-corrected chi connectivity index (χ2v) is 4.24. The Hall–Kier alpha value is -1.39. The number of carbonyl (C=O) groups is 2. The summed E-state index contributed by atoms with van der Waals surface area (Å²) in [5, 5.41) is 0. The monoisotopic (exact) mass is 258 g/mol. The Labute approximate surface area is 106 Å². The number of rotatable bonds is 4. The van der Waals surface area contributed by atoms with E-state index in [2.05, 4.69) is 0 Å². The summed E-state index contributed by atoms with van der Waals surface area (Å²) in [5.41, 5.74) is -1.51. The number of hydrogen-bond acceptors (Lipinski definition) is 4. The van der Waals surface area contributed by atoms with E-state index in [1.807, 2.05) is 0 Å². The van der Waals surface area contributed by atoms with E-state index in [4.69, 9.17) is 9.47 Å². The largest absolute Gasteiger partial charge is 0.465 e. The zero-order chi connectivity index (χ0) is 13.6. The third-order valence-corrected chi connectivity index (χ3v) is 2.98. The molecular formula is C13H19FO4. The summed E-state index contributed by atoms with van der Waals surface area (Å²) < 4.78 is 23.4. The van der Waals surface area contributed by atoms with Gasteiger partial charge in [-0.2, -0.15) is 0 Å². The van der Waals surface area contributed by atoms with Crippen LogP contribution in [-0.4, -0.2) is 25.2 Å². The Balaban J connectivity index is 3.03. The maximum Gasteiger partial charge on any atom is 0.323 e. The van der Waals surface area contributed by atoms with E-state index in [0.29, 0.717) is 12.8 Å². The van der Waals surface area contributed by atoms with Crippen molar-refractivity contribution in [1.82, 2.24) is 0 Å². The molecule has 0 aliphatic heterocycles. The van der Waals surface area contributed by atoms with Gasteiger partial charge in [0.25, 0.3) is 0 Å². The van der Waals surface area contributed by atoms with Crippen molar-refractivity contribution in [2.24, 2.45) is 5.41 Å². The van der Waals surface area contributed by atoms with Gasteiger partial charge in [-0.15, -0.1) is 0 Å². The first-order valence-electron chi connectivity index (χ1n) is 6.25. The molecule has 102 valence electrons. The third-order valence-electron chi connectivity index (χ3n) is 2.98. The van der Waals surface area contributed by atoms with Crippen molar-refractivity contribution >= 4 is 11.9 Å². The van der Waals surface area contributed by atoms with Gasteiger partial charge in [0.15, 0.2) is 5.41 Å². The summed E-state index contributed by atoms with van der Waals surface area (Å²) in [5.74, 6) is -1.82. The zero-order valence-electron chi connectivity index (χ0n) is 10.8. The molecule has 0 unspecified atom stereocenters. The van der Waals surface area contributed by atoms with E-state index in [1.54, 1.807) is 13.8 Å². The highest BCUT2D eigenvalue weighted by Crippen LogP contribution is 2.38. The van der Waals surface area contributed by atoms with E-state index < -0.39 is 23.2 Å². The van der Waals surface area contributed by atoms with Gasteiger partial charge < -0.3 is 9.47 Å². The predicted octanol–water partition coefficient (Wildman–Crippen LogP) is 2.53. The van der Waals surface area contributed by atoms with E-state index in [9.17, 15) is 14.0 Å². The van der Waals surface area contributed by atoms with Crippen LogP contribution in [0.5, 0.6) is 0 Å². The highest BCUT2D eigenvalue weighted by Gasteiger charge is 2.49. The first-order valence-corrected chi connectivity index (χ1v) is 6.25. The minimum absolute atomic E-state index is 0.158. The van der Waals surface area contributed by atoms with Crippen molar-refractivity contribution in [2.75, 3.05) is 13.2 Å². The third kappa shape index (κ3) is 3.09. The van der Waals surface area contributed by atoms with Crippen molar-refractivity contribution in [1.29, 1.82) is 0 Å². The highest BCUT2D eigenvalue weighted by atomic mass is 19.1. The molecule has 1 aliphatic rings. The molecule has 4 nitrogen and oxygen atoms in total. The lowest BCUT2D eigenvalue weighted by Gasteiger charge is -2.27. The first kappa shape index (κ1) is 14.7. The van der Waals surface area contributed by atoms with Crippen molar-refractivity contribution in [3.8, 4) is 0 Å². The molecule has 1 aliphatic carbocycles. The lowest BCUT2D eigenvalue weighted by atomic mass is 9.80. The molecule has 0 N–H and O–H groups in total. The fourth-order valence-electron chi connectivity index (χ4n) is 2.08. The second kappa shape index (κ2) is 6.52. The number of allylic oxidation sites excluding steroid dienone is 2. The lowest BCUT2D eigenvalue weighted by Crippen LogP contribution is -2.42. The Kier molecular flexibility index (Phi) is 5.31. The van der Waals surface area contributed by atoms with Gasteiger partial charge in [0, 0.05) is 6.42 Å². The van der Waals surface area contributed by atoms with Gasteiger partial charge in [0.05, 0.1) is 19.0 Å². The van der Waals surface area contributed by atoms with Crippen LogP contribution >= 0.6 is 0 Å². The molecule has 18 heavy (non-hydrogen) atoms. The Bertz CT molecular complexity index is 331. The fraction of sp³-hybridized carbons (Fsp3) is 0.692. The molecule has 0 aromatic carbocycles. The van der Waals surface area contributed by atoms with Gasteiger partial charge in [-0.25, -0.2) is 4.39 Å². The van der Waals surface area contributed by atoms with Crippen molar-refractivity contribution in [2.45, 2.75) is 39.5 Å². The molecule has 0 saturated carbocycles. The maximum atomic E-state index is 13.6. The predicted molar refractivity (Wildman–Crippen MR) is 63.4 cm³/mol. The Morgan fingerprint density at radius 1 is 1.28 bits per heavy atom. The summed E-state index contributed by atoms with van der Waals surface area (Å²) in [4.78, 5) is 24.0. The number of hydrogen-bond donors (Lipinski definition) is 0. The summed E-state index contributed by atoms with van der Waals surface area (Å²) >= 11 is 0. The summed E-state index contributed by atoms with van der Waals surface area (Å²) in [6, 6.07) is 0. The van der Waals surface area contributed by atoms with Crippen LogP contribution < -0.4 is 0 Å². The van der Waals surface area contributed by atoms with Crippen LogP contribution in [0.4, 0.5) is 4.39 Å². The number of ether oxygens (including phenoxy) is 2. The number of halogens is 1. The SMILES string of the molecule is CCOC(=O)C1(C(=O)OCC)CCCC=C(F)C1. The van der Waals surface area contributed by atoms with Crippen LogP contribution in [0.2, 0.25) is 0 Å². The lowest BCUT2D eigenvalue weighted by molar-refractivity contribution is -0.173. The van der Waals surface area contributed by atoms with Gasteiger partial charge in [0.2, 0.25) is 0 Å². The summed E-state index contributed by atoms with van der Waals surface area (Å²) in [7, 11) is 0. The molecule has 5 heteroatoms. The standard InChI is InChI=1S/C13H19FO4/c1-3-17-11(15)13(12(16)18-4-2)8-6-5-7-10(14)9-13/h7H,3-6,8-9H2,1-2H3. The topological polar surface area (TPSA) is 52.6 Å². The Morgan fingerprint density at radius 3 is 2.33 bits per heavy atom. The van der Waals surface area contributed by atoms with Gasteiger partial charge >= 0.3 is 11.9 Å². The van der Waals surface area contributed by atoms with Crippen LogP contribution in [0.3, 0.4) is 0 Å². The average Bonchev–Trinajstić information content (AvgIpc) is 2.52. The molecule has 0 heterocycles. The van der Waals surface area contributed by atoms with E-state index in [-0.39, 0.29) is 26.1 Å². The molecule has 0 saturated heterocycles. The molecule has 0 amide bonds. The normalized spacial score (nSPS) is 18.5.